The molecule has 14 heavy (non-hydrogen) atoms. The van der Waals surface area contributed by atoms with Gasteiger partial charge < -0.3 is 10.2 Å². The van der Waals surface area contributed by atoms with Crippen LogP contribution in [0.4, 0.5) is 0 Å². The Labute approximate surface area is 83.3 Å². The number of rotatable bonds is 3. The topological polar surface area (TPSA) is 56.2 Å². The number of hydrogen-bond donors (Lipinski definition) is 1. The van der Waals surface area contributed by atoms with Crippen molar-refractivity contribution in [2.24, 2.45) is 17.6 Å². The maximum atomic E-state index is 12.0. The van der Waals surface area contributed by atoms with Crippen molar-refractivity contribution in [1.29, 1.82) is 0 Å². The van der Waals surface area contributed by atoms with Crippen LogP contribution in [0.2, 0.25) is 0 Å². The molecule has 0 saturated heterocycles. The number of hydrogen-bond acceptors (Lipinski definition) is 3. The molecule has 0 unspecified atom stereocenters. The van der Waals surface area contributed by atoms with Crippen LogP contribution in [0.15, 0.2) is 23.0 Å². The molecule has 76 valence electrons. The monoisotopic (exact) mass is 193 g/mol. The lowest BCUT2D eigenvalue weighted by molar-refractivity contribution is 0.0893. The first kappa shape index (κ1) is 9.46. The van der Waals surface area contributed by atoms with Crippen molar-refractivity contribution in [2.45, 2.75) is 19.3 Å². The van der Waals surface area contributed by atoms with Crippen molar-refractivity contribution in [3.05, 3.63) is 24.2 Å². The second-order valence-corrected chi connectivity index (χ2v) is 3.91. The first-order valence-electron chi connectivity index (χ1n) is 5.09. The molecule has 1 heterocycles. The van der Waals surface area contributed by atoms with Crippen molar-refractivity contribution in [3.63, 3.8) is 0 Å². The standard InChI is InChI=1S/C11H15NO2/c12-6-8-2-1-3-10(8)11(13)9-4-5-14-7-9/h4-5,7-8,10H,1-3,6,12H2/t8-,10-/m0/s1. The Kier molecular flexibility index (Phi) is 2.68. The van der Waals surface area contributed by atoms with Gasteiger partial charge in [0.1, 0.15) is 6.26 Å². The largest absolute Gasteiger partial charge is 0.472 e. The molecular formula is C11H15NO2. The average Bonchev–Trinajstić information content (AvgIpc) is 2.87. The van der Waals surface area contributed by atoms with Crippen molar-refractivity contribution in [3.8, 4) is 0 Å². The maximum Gasteiger partial charge on any atom is 0.169 e. The summed E-state index contributed by atoms with van der Waals surface area (Å²) >= 11 is 0. The van der Waals surface area contributed by atoms with Crippen LogP contribution in [0.25, 0.3) is 0 Å². The van der Waals surface area contributed by atoms with E-state index >= 15 is 0 Å². The fourth-order valence-corrected chi connectivity index (χ4v) is 2.28. The molecule has 0 aromatic carbocycles. The van der Waals surface area contributed by atoms with E-state index in [1.165, 1.54) is 6.26 Å². The Morgan fingerprint density at radius 2 is 2.43 bits per heavy atom. The Morgan fingerprint density at radius 3 is 3.07 bits per heavy atom. The van der Waals surface area contributed by atoms with Gasteiger partial charge in [-0.25, -0.2) is 0 Å². The van der Waals surface area contributed by atoms with Gasteiger partial charge in [-0.1, -0.05) is 6.42 Å². The minimum absolute atomic E-state index is 0.123. The molecule has 1 saturated carbocycles. The smallest absolute Gasteiger partial charge is 0.169 e. The molecule has 1 fully saturated rings. The van der Waals surface area contributed by atoms with E-state index in [0.717, 1.165) is 19.3 Å². The Bertz CT molecular complexity index is 305. The second kappa shape index (κ2) is 3.96. The predicted octanol–water partition coefficient (Wildman–Crippen LogP) is 1.84. The highest BCUT2D eigenvalue weighted by Crippen LogP contribution is 2.33. The predicted molar refractivity (Wildman–Crippen MR) is 52.9 cm³/mol. The number of furan rings is 1. The summed E-state index contributed by atoms with van der Waals surface area (Å²) < 4.78 is 4.91. The molecule has 0 radical (unpaired) electrons. The summed E-state index contributed by atoms with van der Waals surface area (Å²) in [5.74, 6) is 0.696. The highest BCUT2D eigenvalue weighted by atomic mass is 16.3. The highest BCUT2D eigenvalue weighted by Gasteiger charge is 2.32. The van der Waals surface area contributed by atoms with Crippen molar-refractivity contribution in [1.82, 2.24) is 0 Å². The van der Waals surface area contributed by atoms with E-state index in [9.17, 15) is 4.79 Å². The van der Waals surface area contributed by atoms with E-state index < -0.39 is 0 Å². The zero-order valence-corrected chi connectivity index (χ0v) is 8.11. The Hall–Kier alpha value is -1.09. The van der Waals surface area contributed by atoms with Gasteiger partial charge in [0, 0.05) is 5.92 Å². The average molecular weight is 193 g/mol. The summed E-state index contributed by atoms with van der Waals surface area (Å²) in [6.07, 6.45) is 6.25. The lowest BCUT2D eigenvalue weighted by Gasteiger charge is -2.15. The molecule has 1 aliphatic rings. The first-order valence-corrected chi connectivity index (χ1v) is 5.09. The van der Waals surface area contributed by atoms with E-state index in [1.807, 2.05) is 0 Å². The van der Waals surface area contributed by atoms with Gasteiger partial charge in [0.2, 0.25) is 0 Å². The molecule has 0 aliphatic heterocycles. The lowest BCUT2D eigenvalue weighted by Crippen LogP contribution is -2.24. The molecule has 3 heteroatoms. The minimum Gasteiger partial charge on any atom is -0.472 e. The summed E-state index contributed by atoms with van der Waals surface area (Å²) in [4.78, 5) is 12.0. The third-order valence-corrected chi connectivity index (χ3v) is 3.10. The van der Waals surface area contributed by atoms with E-state index in [0.29, 0.717) is 18.0 Å². The third kappa shape index (κ3) is 1.60. The molecule has 2 rings (SSSR count). The Balaban J connectivity index is 2.11. The molecule has 1 aliphatic carbocycles. The van der Waals surface area contributed by atoms with Gasteiger partial charge in [0.15, 0.2) is 5.78 Å². The van der Waals surface area contributed by atoms with Crippen LogP contribution >= 0.6 is 0 Å². The summed E-state index contributed by atoms with van der Waals surface area (Å²) in [6, 6.07) is 1.73. The number of ketones is 1. The Morgan fingerprint density at radius 1 is 1.57 bits per heavy atom. The van der Waals surface area contributed by atoms with Gasteiger partial charge >= 0.3 is 0 Å². The summed E-state index contributed by atoms with van der Waals surface area (Å²) in [5.41, 5.74) is 6.33. The van der Waals surface area contributed by atoms with Crippen LogP contribution in [0.3, 0.4) is 0 Å². The molecule has 1 aromatic heterocycles. The lowest BCUT2D eigenvalue weighted by atomic mass is 9.89. The number of carbonyl (C=O) groups is 1. The van der Waals surface area contributed by atoms with E-state index in [-0.39, 0.29) is 11.7 Å². The zero-order chi connectivity index (χ0) is 9.97. The van der Waals surface area contributed by atoms with Crippen LogP contribution in [0, 0.1) is 11.8 Å². The fraction of sp³-hybridized carbons (Fsp3) is 0.545. The molecule has 0 bridgehead atoms. The second-order valence-electron chi connectivity index (χ2n) is 3.91. The van der Waals surface area contributed by atoms with Crippen LogP contribution in [0.1, 0.15) is 29.6 Å². The van der Waals surface area contributed by atoms with Gasteiger partial charge in [0.05, 0.1) is 11.8 Å². The van der Waals surface area contributed by atoms with Gasteiger partial charge in [0.25, 0.3) is 0 Å². The first-order chi connectivity index (χ1) is 6.83. The van der Waals surface area contributed by atoms with Crippen LogP contribution < -0.4 is 5.73 Å². The van der Waals surface area contributed by atoms with E-state index in [1.54, 1.807) is 12.3 Å². The molecule has 0 spiro atoms. The number of Topliss-reactive ketones (excluding diaryl/α,β-unsaturated/α-hetero) is 1. The molecule has 1 aromatic rings. The molecule has 0 amide bonds. The minimum atomic E-state index is 0.123. The SMILES string of the molecule is NC[C@@H]1CCC[C@@H]1C(=O)c1ccoc1. The number of carbonyl (C=O) groups excluding carboxylic acids is 1. The van der Waals surface area contributed by atoms with Crippen molar-refractivity contribution >= 4 is 5.78 Å². The molecule has 3 nitrogen and oxygen atoms in total. The fourth-order valence-electron chi connectivity index (χ4n) is 2.28. The molecule has 2 N–H and O–H groups in total. The molecular weight excluding hydrogens is 178 g/mol. The normalized spacial score (nSPS) is 26.6. The quantitative estimate of drug-likeness (QED) is 0.745. The van der Waals surface area contributed by atoms with Gasteiger partial charge in [-0.05, 0) is 31.4 Å². The molecule has 2 atom stereocenters. The van der Waals surface area contributed by atoms with Gasteiger partial charge in [-0.3, -0.25) is 4.79 Å². The van der Waals surface area contributed by atoms with Crippen molar-refractivity contribution in [2.75, 3.05) is 6.54 Å². The van der Waals surface area contributed by atoms with Gasteiger partial charge in [-0.15, -0.1) is 0 Å². The van der Waals surface area contributed by atoms with Crippen LogP contribution in [0.5, 0.6) is 0 Å². The van der Waals surface area contributed by atoms with Gasteiger partial charge in [-0.2, -0.15) is 0 Å². The highest BCUT2D eigenvalue weighted by molar-refractivity contribution is 5.97. The van der Waals surface area contributed by atoms with E-state index in [4.69, 9.17) is 10.2 Å². The maximum absolute atomic E-state index is 12.0. The zero-order valence-electron chi connectivity index (χ0n) is 8.11. The summed E-state index contributed by atoms with van der Waals surface area (Å²) in [5, 5.41) is 0. The van der Waals surface area contributed by atoms with Crippen molar-refractivity contribution < 1.29 is 9.21 Å². The van der Waals surface area contributed by atoms with E-state index in [2.05, 4.69) is 0 Å². The summed E-state index contributed by atoms with van der Waals surface area (Å²) in [6.45, 7) is 0.619. The summed E-state index contributed by atoms with van der Waals surface area (Å²) in [7, 11) is 0. The van der Waals surface area contributed by atoms with Crippen LogP contribution in [-0.4, -0.2) is 12.3 Å². The number of nitrogens with two attached hydrogens (primary N) is 1. The van der Waals surface area contributed by atoms with Crippen LogP contribution in [-0.2, 0) is 0 Å². The third-order valence-electron chi connectivity index (χ3n) is 3.10.